The third-order valence-corrected chi connectivity index (χ3v) is 10.7. The van der Waals surface area contributed by atoms with E-state index in [1.807, 2.05) is 72.8 Å². The first-order valence-corrected chi connectivity index (χ1v) is 21.7. The van der Waals surface area contributed by atoms with Gasteiger partial charge in [-0.25, -0.2) is 0 Å². The Morgan fingerprint density at radius 1 is 0.600 bits per heavy atom. The second kappa shape index (κ2) is 15.7. The van der Waals surface area contributed by atoms with Crippen LogP contribution in [-0.2, 0) is 25.5 Å². The molecule has 0 radical (unpaired) electrons. The van der Waals surface area contributed by atoms with Crippen LogP contribution in [0.4, 0.5) is 0 Å². The summed E-state index contributed by atoms with van der Waals surface area (Å²) in [6, 6.07) is 27.6. The van der Waals surface area contributed by atoms with Gasteiger partial charge in [0.1, 0.15) is 8.07 Å². The predicted octanol–water partition coefficient (Wildman–Crippen LogP) is 11.9. The molecule has 3 heteroatoms. The fraction of sp³-hybridized carbons (Fsp3) is 0.362. The summed E-state index contributed by atoms with van der Waals surface area (Å²) in [5.74, 6) is 3.26. The lowest BCUT2D eigenvalue weighted by Gasteiger charge is -2.18. The molecule has 2 saturated carbocycles. The van der Waals surface area contributed by atoms with Crippen LogP contribution in [0.25, 0.3) is 22.5 Å². The maximum Gasteiger partial charge on any atom is 0.129 e. The largest absolute Gasteiger partial charge is 0.256 e. The standard InChI is InChI=1S/C47H52N2Si/c1-50(2,3)27-26-37-29-35(22-24-42-33-48-46(40-18-6-4-7-19-40)31-44(42)38-14-10-11-15-38)28-36(30-37)23-25-43-34-49-47(41-20-8-5-9-21-41)32-45(43)39-16-12-13-17-39/h4-9,18-21,28-34,38-39H,10-17,22-25H2,1-3H3/i22D2,23D2,24D2,25D2. The minimum absolute atomic E-state index is 0.0492. The topological polar surface area (TPSA) is 25.8 Å². The van der Waals surface area contributed by atoms with E-state index in [1.165, 1.54) is 30.6 Å². The summed E-state index contributed by atoms with van der Waals surface area (Å²) in [4.78, 5) is 9.36. The number of aromatic nitrogens is 2. The molecule has 0 atom stereocenters. The van der Waals surface area contributed by atoms with Crippen LogP contribution in [0.3, 0.4) is 0 Å². The molecule has 0 bridgehead atoms. The van der Waals surface area contributed by atoms with Crippen molar-refractivity contribution in [3.63, 3.8) is 0 Å². The molecule has 254 valence electrons. The fourth-order valence-corrected chi connectivity index (χ4v) is 7.74. The second-order valence-corrected chi connectivity index (χ2v) is 19.6. The normalized spacial score (nSPS) is 18.8. The number of hydrogen-bond acceptors (Lipinski definition) is 2. The Labute approximate surface area is 313 Å². The first-order valence-electron chi connectivity index (χ1n) is 22.2. The minimum Gasteiger partial charge on any atom is -0.256 e. The van der Waals surface area contributed by atoms with Gasteiger partial charge in [-0.3, -0.25) is 9.97 Å². The van der Waals surface area contributed by atoms with E-state index >= 15 is 0 Å². The summed E-state index contributed by atoms with van der Waals surface area (Å²) in [5.41, 5.74) is 8.45. The lowest BCUT2D eigenvalue weighted by molar-refractivity contribution is 0.706. The monoisotopic (exact) mass is 680 g/mol. The number of nitrogens with zero attached hydrogens (tertiary/aromatic N) is 2. The van der Waals surface area contributed by atoms with E-state index in [4.69, 9.17) is 0 Å². The van der Waals surface area contributed by atoms with Gasteiger partial charge < -0.3 is 0 Å². The molecule has 2 aromatic heterocycles. The summed E-state index contributed by atoms with van der Waals surface area (Å²) in [5, 5.41) is 0. The molecule has 2 aliphatic rings. The number of hydrogen-bond donors (Lipinski definition) is 0. The summed E-state index contributed by atoms with van der Waals surface area (Å²) in [6.45, 7) is 6.23. The van der Waals surface area contributed by atoms with Gasteiger partial charge in [-0.1, -0.05) is 118 Å². The smallest absolute Gasteiger partial charge is 0.129 e. The van der Waals surface area contributed by atoms with Crippen LogP contribution < -0.4 is 0 Å². The quantitative estimate of drug-likeness (QED) is 0.108. The van der Waals surface area contributed by atoms with Crippen molar-refractivity contribution in [3.8, 4) is 34.0 Å². The van der Waals surface area contributed by atoms with Crippen LogP contribution >= 0.6 is 0 Å². The van der Waals surface area contributed by atoms with Crippen LogP contribution in [0.15, 0.2) is 103 Å². The van der Waals surface area contributed by atoms with Crippen molar-refractivity contribution in [2.24, 2.45) is 0 Å². The van der Waals surface area contributed by atoms with Gasteiger partial charge >= 0.3 is 0 Å². The van der Waals surface area contributed by atoms with Crippen molar-refractivity contribution in [2.75, 3.05) is 0 Å². The van der Waals surface area contributed by atoms with Crippen molar-refractivity contribution in [2.45, 2.75) is 108 Å². The number of pyridine rings is 2. The first kappa shape index (κ1) is 25.7. The fourth-order valence-electron chi connectivity index (χ4n) is 7.22. The van der Waals surface area contributed by atoms with Gasteiger partial charge in [-0.2, -0.15) is 0 Å². The van der Waals surface area contributed by atoms with Crippen molar-refractivity contribution in [3.05, 3.63) is 142 Å². The Balaban J connectivity index is 1.36. The third-order valence-electron chi connectivity index (χ3n) is 9.80. The molecule has 0 spiro atoms. The minimum atomic E-state index is -2.70. The Bertz CT molecular complexity index is 2170. The zero-order chi connectivity index (χ0) is 41.5. The molecular weight excluding hydrogens is 621 g/mol. The van der Waals surface area contributed by atoms with E-state index in [-0.39, 0.29) is 34.1 Å². The van der Waals surface area contributed by atoms with Crippen molar-refractivity contribution in [1.82, 2.24) is 9.97 Å². The first-order chi connectivity index (χ1) is 27.4. The summed E-state index contributed by atoms with van der Waals surface area (Å²) >= 11 is 0. The lowest BCUT2D eigenvalue weighted by atomic mass is 9.88. The lowest BCUT2D eigenvalue weighted by Crippen LogP contribution is -2.16. The van der Waals surface area contributed by atoms with E-state index in [1.54, 1.807) is 0 Å². The van der Waals surface area contributed by atoms with Gasteiger partial charge in [0.25, 0.3) is 0 Å². The highest BCUT2D eigenvalue weighted by atomic mass is 28.3. The van der Waals surface area contributed by atoms with E-state index in [0.717, 1.165) is 73.6 Å². The highest BCUT2D eigenvalue weighted by Crippen LogP contribution is 2.39. The Kier molecular flexibility index (Phi) is 8.07. The van der Waals surface area contributed by atoms with Crippen LogP contribution in [0.5, 0.6) is 0 Å². The van der Waals surface area contributed by atoms with Crippen LogP contribution in [-0.4, -0.2) is 18.0 Å². The van der Waals surface area contributed by atoms with Gasteiger partial charge in [-0.15, -0.1) is 5.54 Å². The molecule has 0 unspecified atom stereocenters. The van der Waals surface area contributed by atoms with Crippen LogP contribution in [0.1, 0.15) is 113 Å². The Morgan fingerprint density at radius 2 is 1.04 bits per heavy atom. The summed E-state index contributed by atoms with van der Waals surface area (Å²) in [7, 11) is -1.97. The highest BCUT2D eigenvalue weighted by Gasteiger charge is 2.23. The second-order valence-electron chi connectivity index (χ2n) is 14.8. The molecule has 50 heavy (non-hydrogen) atoms. The molecular formula is C47H52N2Si. The molecule has 2 fully saturated rings. The zero-order valence-corrected chi connectivity index (χ0v) is 30.5. The predicted molar refractivity (Wildman–Crippen MR) is 213 cm³/mol. The van der Waals surface area contributed by atoms with E-state index < -0.39 is 33.6 Å². The van der Waals surface area contributed by atoms with Crippen molar-refractivity contribution >= 4 is 8.07 Å². The SMILES string of the molecule is [2H]C([2H])(c1cc(C#C[Si](C)(C)C)cc(C([2H])([2H])C([2H])([2H])c2cnc(-c3ccccc3)cc2C2CCCC2)c1)C([2H])([2H])c1cnc(-c2ccccc2)cc1C1CCCC1. The summed E-state index contributed by atoms with van der Waals surface area (Å²) < 4.78 is 76.9. The molecule has 3 aromatic carbocycles. The molecule has 2 heterocycles. The van der Waals surface area contributed by atoms with Crippen molar-refractivity contribution < 1.29 is 11.0 Å². The van der Waals surface area contributed by atoms with Crippen LogP contribution in [0.2, 0.25) is 19.6 Å². The molecule has 7 rings (SSSR count). The van der Waals surface area contributed by atoms with E-state index in [9.17, 15) is 11.0 Å². The molecule has 0 N–H and O–H groups in total. The van der Waals surface area contributed by atoms with Gasteiger partial charge in [0.15, 0.2) is 0 Å². The van der Waals surface area contributed by atoms with Crippen LogP contribution in [0, 0.1) is 11.5 Å². The molecule has 0 aliphatic heterocycles. The average Bonchev–Trinajstić information content (AvgIpc) is 3.96. The van der Waals surface area contributed by atoms with Gasteiger partial charge in [0, 0.05) is 40.1 Å². The molecule has 2 aliphatic carbocycles. The highest BCUT2D eigenvalue weighted by molar-refractivity contribution is 6.83. The molecule has 0 amide bonds. The zero-order valence-electron chi connectivity index (χ0n) is 37.5. The van der Waals surface area contributed by atoms with E-state index in [0.29, 0.717) is 17.0 Å². The van der Waals surface area contributed by atoms with E-state index in [2.05, 4.69) is 41.1 Å². The molecule has 0 saturated heterocycles. The van der Waals surface area contributed by atoms with Crippen molar-refractivity contribution in [1.29, 1.82) is 0 Å². The average molecular weight is 681 g/mol. The number of aryl methyl sites for hydroxylation is 4. The van der Waals surface area contributed by atoms with Gasteiger partial charge in [0.05, 0.1) is 11.4 Å². The van der Waals surface area contributed by atoms with Gasteiger partial charge in [-0.05, 0) is 121 Å². The number of benzene rings is 3. The number of rotatable bonds is 10. The Hall–Kier alpha value is -4.26. The Morgan fingerprint density at radius 3 is 1.46 bits per heavy atom. The third kappa shape index (κ3) is 8.72. The van der Waals surface area contributed by atoms with Gasteiger partial charge in [0.2, 0.25) is 0 Å². The maximum absolute atomic E-state index is 9.62. The maximum atomic E-state index is 9.62. The molecule has 5 aromatic rings. The summed E-state index contributed by atoms with van der Waals surface area (Å²) in [6.07, 6.45) is -0.115. The molecule has 2 nitrogen and oxygen atoms in total.